The molecule has 0 unspecified atom stereocenters. The Morgan fingerprint density at radius 2 is 1.85 bits per heavy atom. The van der Waals surface area contributed by atoms with E-state index in [-0.39, 0.29) is 25.6 Å². The first-order chi connectivity index (χ1) is 9.38. The standard InChI is InChI=1S/C12H25N3O4S/c1-4-13-5-7-14(8-6-13)12(16)11-15(9-10-19-2)20(3,17)18/h4-11H2,1-3H3. The van der Waals surface area contributed by atoms with E-state index in [1.165, 1.54) is 11.4 Å². The fourth-order valence-electron chi connectivity index (χ4n) is 2.12. The molecule has 0 spiro atoms. The van der Waals surface area contributed by atoms with Gasteiger partial charge in [0, 0.05) is 39.8 Å². The number of likely N-dealkylation sites (N-methyl/N-ethyl adjacent to an activating group) is 1. The summed E-state index contributed by atoms with van der Waals surface area (Å²) in [6, 6.07) is 0. The van der Waals surface area contributed by atoms with Gasteiger partial charge in [-0.15, -0.1) is 0 Å². The lowest BCUT2D eigenvalue weighted by Crippen LogP contribution is -2.51. The number of carbonyl (C=O) groups excluding carboxylic acids is 1. The van der Waals surface area contributed by atoms with E-state index in [0.717, 1.165) is 25.9 Å². The van der Waals surface area contributed by atoms with Gasteiger partial charge in [-0.2, -0.15) is 4.31 Å². The fraction of sp³-hybridized carbons (Fsp3) is 0.917. The van der Waals surface area contributed by atoms with E-state index >= 15 is 0 Å². The molecule has 0 bridgehead atoms. The summed E-state index contributed by atoms with van der Waals surface area (Å²) in [6.45, 7) is 6.47. The van der Waals surface area contributed by atoms with Gasteiger partial charge in [-0.25, -0.2) is 8.42 Å². The Morgan fingerprint density at radius 3 is 2.30 bits per heavy atom. The van der Waals surface area contributed by atoms with Crippen LogP contribution >= 0.6 is 0 Å². The van der Waals surface area contributed by atoms with Crippen molar-refractivity contribution in [2.45, 2.75) is 6.92 Å². The van der Waals surface area contributed by atoms with Crippen molar-refractivity contribution in [1.82, 2.24) is 14.1 Å². The Labute approximate surface area is 121 Å². The summed E-state index contributed by atoms with van der Waals surface area (Å²) in [5, 5.41) is 0. The lowest BCUT2D eigenvalue weighted by atomic mass is 10.3. The number of amides is 1. The summed E-state index contributed by atoms with van der Waals surface area (Å²) in [6.07, 6.45) is 1.12. The van der Waals surface area contributed by atoms with Crippen LogP contribution in [0.5, 0.6) is 0 Å². The van der Waals surface area contributed by atoms with Crippen LogP contribution in [0.1, 0.15) is 6.92 Å². The van der Waals surface area contributed by atoms with Crippen LogP contribution in [-0.2, 0) is 19.6 Å². The van der Waals surface area contributed by atoms with Crippen molar-refractivity contribution < 1.29 is 17.9 Å². The molecular weight excluding hydrogens is 282 g/mol. The third-order valence-corrected chi connectivity index (χ3v) is 4.75. The first-order valence-electron chi connectivity index (χ1n) is 6.82. The Bertz CT molecular complexity index is 405. The van der Waals surface area contributed by atoms with E-state index < -0.39 is 10.0 Å². The van der Waals surface area contributed by atoms with Gasteiger partial charge in [0.25, 0.3) is 0 Å². The molecule has 1 aliphatic rings. The maximum Gasteiger partial charge on any atom is 0.237 e. The number of rotatable bonds is 7. The highest BCUT2D eigenvalue weighted by Gasteiger charge is 2.25. The molecule has 0 atom stereocenters. The van der Waals surface area contributed by atoms with Crippen LogP contribution in [0.4, 0.5) is 0 Å². The Morgan fingerprint density at radius 1 is 1.25 bits per heavy atom. The molecule has 1 amide bonds. The monoisotopic (exact) mass is 307 g/mol. The van der Waals surface area contributed by atoms with Gasteiger partial charge in [0.15, 0.2) is 0 Å². The van der Waals surface area contributed by atoms with Crippen molar-refractivity contribution in [3.05, 3.63) is 0 Å². The molecule has 0 aromatic rings. The molecule has 0 aliphatic carbocycles. The highest BCUT2D eigenvalue weighted by atomic mass is 32.2. The summed E-state index contributed by atoms with van der Waals surface area (Å²) >= 11 is 0. The molecule has 1 saturated heterocycles. The second-order valence-corrected chi connectivity index (χ2v) is 6.89. The highest BCUT2D eigenvalue weighted by molar-refractivity contribution is 7.88. The van der Waals surface area contributed by atoms with Gasteiger partial charge in [0.2, 0.25) is 15.9 Å². The van der Waals surface area contributed by atoms with Crippen LogP contribution < -0.4 is 0 Å². The normalized spacial score (nSPS) is 17.7. The van der Waals surface area contributed by atoms with Crippen molar-refractivity contribution in [1.29, 1.82) is 0 Å². The molecule has 1 rings (SSSR count). The molecule has 0 N–H and O–H groups in total. The predicted molar refractivity (Wildman–Crippen MR) is 77.0 cm³/mol. The largest absolute Gasteiger partial charge is 0.383 e. The SMILES string of the molecule is CCN1CCN(C(=O)CN(CCOC)S(C)(=O)=O)CC1. The van der Waals surface area contributed by atoms with Crippen LogP contribution in [0.15, 0.2) is 0 Å². The van der Waals surface area contributed by atoms with Gasteiger partial charge >= 0.3 is 0 Å². The van der Waals surface area contributed by atoms with E-state index in [2.05, 4.69) is 11.8 Å². The summed E-state index contributed by atoms with van der Waals surface area (Å²) in [4.78, 5) is 16.2. The first kappa shape index (κ1) is 17.4. The van der Waals surface area contributed by atoms with Crippen molar-refractivity contribution in [3.63, 3.8) is 0 Å². The van der Waals surface area contributed by atoms with E-state index in [0.29, 0.717) is 13.1 Å². The number of hydrogen-bond acceptors (Lipinski definition) is 5. The minimum absolute atomic E-state index is 0.103. The summed E-state index contributed by atoms with van der Waals surface area (Å²) in [5.41, 5.74) is 0. The van der Waals surface area contributed by atoms with Crippen LogP contribution in [0.2, 0.25) is 0 Å². The van der Waals surface area contributed by atoms with E-state index in [1.54, 1.807) is 4.90 Å². The smallest absolute Gasteiger partial charge is 0.237 e. The molecule has 118 valence electrons. The van der Waals surface area contributed by atoms with Crippen LogP contribution in [0.25, 0.3) is 0 Å². The van der Waals surface area contributed by atoms with E-state index in [4.69, 9.17) is 4.74 Å². The Kier molecular flexibility index (Phi) is 6.87. The molecule has 20 heavy (non-hydrogen) atoms. The third-order valence-electron chi connectivity index (χ3n) is 3.50. The molecule has 1 fully saturated rings. The van der Waals surface area contributed by atoms with Gasteiger partial charge in [0.05, 0.1) is 19.4 Å². The average Bonchev–Trinajstić information content (AvgIpc) is 2.42. The number of piperazine rings is 1. The number of sulfonamides is 1. The number of nitrogens with zero attached hydrogens (tertiary/aromatic N) is 3. The average molecular weight is 307 g/mol. The number of hydrogen-bond donors (Lipinski definition) is 0. The van der Waals surface area contributed by atoms with Gasteiger partial charge in [0.1, 0.15) is 0 Å². The van der Waals surface area contributed by atoms with E-state index in [1.807, 2.05) is 0 Å². The summed E-state index contributed by atoms with van der Waals surface area (Å²) < 4.78 is 29.3. The van der Waals surface area contributed by atoms with Crippen molar-refractivity contribution in [3.8, 4) is 0 Å². The number of carbonyl (C=O) groups is 1. The molecule has 0 saturated carbocycles. The van der Waals surface area contributed by atoms with Crippen LogP contribution in [0, 0.1) is 0 Å². The Balaban J connectivity index is 2.54. The molecular formula is C12H25N3O4S. The molecule has 7 nitrogen and oxygen atoms in total. The zero-order valence-corrected chi connectivity index (χ0v) is 13.4. The summed E-state index contributed by atoms with van der Waals surface area (Å²) in [5.74, 6) is -0.137. The second kappa shape index (κ2) is 7.92. The van der Waals surface area contributed by atoms with Crippen LogP contribution in [-0.4, -0.2) is 94.2 Å². The Hall–Kier alpha value is -0.700. The first-order valence-corrected chi connectivity index (χ1v) is 8.67. The van der Waals surface area contributed by atoms with Crippen molar-refractivity contribution in [2.75, 3.05) is 65.8 Å². The molecule has 1 heterocycles. The van der Waals surface area contributed by atoms with Gasteiger partial charge in [-0.1, -0.05) is 6.92 Å². The zero-order valence-electron chi connectivity index (χ0n) is 12.5. The molecule has 0 aromatic carbocycles. The van der Waals surface area contributed by atoms with Crippen molar-refractivity contribution in [2.24, 2.45) is 0 Å². The zero-order chi connectivity index (χ0) is 15.2. The molecule has 8 heteroatoms. The summed E-state index contributed by atoms with van der Waals surface area (Å²) in [7, 11) is -1.88. The minimum atomic E-state index is -3.39. The molecule has 0 aromatic heterocycles. The maximum absolute atomic E-state index is 12.2. The highest BCUT2D eigenvalue weighted by Crippen LogP contribution is 2.05. The van der Waals surface area contributed by atoms with Gasteiger partial charge < -0.3 is 14.5 Å². The lowest BCUT2D eigenvalue weighted by molar-refractivity contribution is -0.133. The second-order valence-electron chi connectivity index (χ2n) is 4.90. The number of ether oxygens (including phenoxy) is 1. The van der Waals surface area contributed by atoms with E-state index in [9.17, 15) is 13.2 Å². The van der Waals surface area contributed by atoms with Crippen LogP contribution in [0.3, 0.4) is 0 Å². The predicted octanol–water partition coefficient (Wildman–Crippen LogP) is -0.941. The number of methoxy groups -OCH3 is 1. The minimum Gasteiger partial charge on any atom is -0.383 e. The fourth-order valence-corrected chi connectivity index (χ4v) is 2.87. The topological polar surface area (TPSA) is 70.2 Å². The quantitative estimate of drug-likeness (QED) is 0.607. The van der Waals surface area contributed by atoms with Crippen molar-refractivity contribution >= 4 is 15.9 Å². The van der Waals surface area contributed by atoms with Gasteiger partial charge in [-0.05, 0) is 6.54 Å². The molecule has 0 radical (unpaired) electrons. The lowest BCUT2D eigenvalue weighted by Gasteiger charge is -2.35. The molecule has 1 aliphatic heterocycles. The maximum atomic E-state index is 12.2. The third kappa shape index (κ3) is 5.35. The van der Waals surface area contributed by atoms with Gasteiger partial charge in [-0.3, -0.25) is 4.79 Å².